The number of ether oxygens (including phenoxy) is 4. The van der Waals surface area contributed by atoms with Gasteiger partial charge in [0.2, 0.25) is 0 Å². The summed E-state index contributed by atoms with van der Waals surface area (Å²) in [5, 5.41) is 13.2. The van der Waals surface area contributed by atoms with Gasteiger partial charge in [0, 0.05) is 94.4 Å². The number of fused-ring (bicyclic) bond motifs is 8. The monoisotopic (exact) mass is 1240 g/mol. The molecular weight excluding hydrogens is 1140 g/mol. The van der Waals surface area contributed by atoms with E-state index in [2.05, 4.69) is 125 Å². The van der Waals surface area contributed by atoms with Crippen LogP contribution in [0.15, 0.2) is 170 Å². The van der Waals surface area contributed by atoms with Gasteiger partial charge in [-0.05, 0) is 167 Å². The molecule has 0 saturated carbocycles. The van der Waals surface area contributed by atoms with E-state index in [1.165, 1.54) is 0 Å². The van der Waals surface area contributed by atoms with E-state index in [-0.39, 0.29) is 97.2 Å². The molecule has 0 spiro atoms. The average Bonchev–Trinajstić information content (AvgIpc) is 0.763. The van der Waals surface area contributed by atoms with Gasteiger partial charge in [0.15, 0.2) is 0 Å². The van der Waals surface area contributed by atoms with E-state index in [4.69, 9.17) is 18.9 Å². The summed E-state index contributed by atoms with van der Waals surface area (Å²) in [5.74, 6) is 1.21. The molecule has 8 aromatic rings. The van der Waals surface area contributed by atoms with Crippen molar-refractivity contribution >= 4 is 23.6 Å². The molecule has 4 N–H and O–H groups in total. The smallest absolute Gasteiger partial charge is 0.251 e. The molecule has 12 nitrogen and oxygen atoms in total. The van der Waals surface area contributed by atoms with Crippen LogP contribution in [-0.2, 0) is 26.2 Å². The van der Waals surface area contributed by atoms with Gasteiger partial charge in [-0.3, -0.25) is 19.2 Å². The molecule has 9 rings (SSSR count). The van der Waals surface area contributed by atoms with E-state index in [0.717, 1.165) is 66.8 Å². The van der Waals surface area contributed by atoms with Crippen LogP contribution in [0.1, 0.15) is 213 Å². The quantitative estimate of drug-likeness (QED) is 0.0466. The van der Waals surface area contributed by atoms with E-state index in [9.17, 15) is 19.2 Å². The number of carbonyl (C=O) groups is 4. The molecule has 1 aliphatic carbocycles. The van der Waals surface area contributed by atoms with E-state index in [1.807, 2.05) is 121 Å². The Morgan fingerprint density at radius 3 is 0.641 bits per heavy atom. The van der Waals surface area contributed by atoms with E-state index < -0.39 is 0 Å². The summed E-state index contributed by atoms with van der Waals surface area (Å²) in [7, 11) is 6.86. The molecule has 4 atom stereocenters. The van der Waals surface area contributed by atoms with Crippen LogP contribution in [0.25, 0.3) is 0 Å². The van der Waals surface area contributed by atoms with Crippen molar-refractivity contribution in [1.82, 2.24) is 21.3 Å². The second kappa shape index (κ2) is 31.2. The fraction of sp³-hybridized carbons (Fsp3) is 0.350. The number of amides is 4. The summed E-state index contributed by atoms with van der Waals surface area (Å²) < 4.78 is 26.6. The number of carbonyl (C=O) groups excluding carboxylic acids is 4. The first-order valence-corrected chi connectivity index (χ1v) is 32.6. The second-order valence-electron chi connectivity index (χ2n) is 26.1. The Morgan fingerprint density at radius 2 is 0.478 bits per heavy atom. The molecule has 12 heteroatoms. The minimum absolute atomic E-state index is 0.165. The Kier molecular flexibility index (Phi) is 22.8. The fourth-order valence-corrected chi connectivity index (χ4v) is 13.4. The van der Waals surface area contributed by atoms with Crippen molar-refractivity contribution in [2.75, 3.05) is 28.4 Å². The Bertz CT molecular complexity index is 3330. The highest BCUT2D eigenvalue weighted by Gasteiger charge is 2.35. The van der Waals surface area contributed by atoms with Crippen LogP contribution >= 0.6 is 0 Å². The van der Waals surface area contributed by atoms with Crippen molar-refractivity contribution < 1.29 is 38.1 Å². The average molecular weight is 1240 g/mol. The van der Waals surface area contributed by atoms with Crippen LogP contribution in [0.4, 0.5) is 0 Å². The largest absolute Gasteiger partial charge is 0.496 e. The fourth-order valence-electron chi connectivity index (χ4n) is 13.4. The zero-order valence-electron chi connectivity index (χ0n) is 55.7. The summed E-state index contributed by atoms with van der Waals surface area (Å²) in [4.78, 5) is 56.9. The first-order chi connectivity index (χ1) is 44.4. The Labute approximate surface area is 545 Å². The lowest BCUT2D eigenvalue weighted by atomic mass is 9.73. The normalized spacial score (nSPS) is 15.2. The van der Waals surface area contributed by atoms with Crippen molar-refractivity contribution in [3.8, 4) is 23.0 Å². The molecule has 0 saturated heterocycles. The molecule has 0 aromatic heterocycles. The van der Waals surface area contributed by atoms with Gasteiger partial charge >= 0.3 is 0 Å². The highest BCUT2D eigenvalue weighted by atomic mass is 16.5. The molecule has 0 heterocycles. The molecular formula is C80H92N4O8. The first kappa shape index (κ1) is 67.2. The first-order valence-electron chi connectivity index (χ1n) is 32.6. The van der Waals surface area contributed by atoms with Gasteiger partial charge < -0.3 is 40.2 Å². The van der Waals surface area contributed by atoms with E-state index >= 15 is 0 Å². The van der Waals surface area contributed by atoms with E-state index in [1.54, 1.807) is 28.4 Å². The molecule has 0 aliphatic heterocycles. The Balaban J connectivity index is 1.42. The predicted molar refractivity (Wildman–Crippen MR) is 368 cm³/mol. The number of rotatable bonds is 24. The number of hydrogen-bond acceptors (Lipinski definition) is 8. The summed E-state index contributed by atoms with van der Waals surface area (Å²) in [5.41, 5.74) is 13.6. The third-order valence-electron chi connectivity index (χ3n) is 17.7. The SMILES string of the molecule is COc1cc(CNC(=O)c2ccccc2)c2cc1C(CC(C)C)c1cc(c(OC)cc1CNC(=O)c1ccccc1)C(CC(C)C)c1cc(c(OC)cc1CNC(=O)c1ccccc1)C(CC(C)C)c1cc(c(OC)cc1CNC(=O)c1ccccc1)C2CC(C)C. The van der Waals surface area contributed by atoms with E-state index in [0.29, 0.717) is 70.9 Å². The molecule has 1 aliphatic rings. The predicted octanol–water partition coefficient (Wildman–Crippen LogP) is 16.5. The Hall–Kier alpha value is -9.16. The second-order valence-corrected chi connectivity index (χ2v) is 26.1. The number of methoxy groups -OCH3 is 4. The maximum atomic E-state index is 14.2. The maximum absolute atomic E-state index is 14.2. The molecule has 0 radical (unpaired) electrons. The summed E-state index contributed by atoms with van der Waals surface area (Å²) in [6.07, 6.45) is 2.75. The zero-order valence-corrected chi connectivity index (χ0v) is 55.7. The van der Waals surface area contributed by atoms with Crippen molar-refractivity contribution in [2.45, 2.75) is 131 Å². The molecule has 480 valence electrons. The highest BCUT2D eigenvalue weighted by Crippen LogP contribution is 2.51. The van der Waals surface area contributed by atoms with Crippen molar-refractivity contribution in [3.63, 3.8) is 0 Å². The van der Waals surface area contributed by atoms with Crippen LogP contribution < -0.4 is 40.2 Å². The molecule has 8 aromatic carbocycles. The molecule has 8 bridgehead atoms. The van der Waals surface area contributed by atoms with Gasteiger partial charge in [-0.1, -0.05) is 152 Å². The topological polar surface area (TPSA) is 153 Å². The van der Waals surface area contributed by atoms with Gasteiger partial charge in [0.1, 0.15) is 23.0 Å². The van der Waals surface area contributed by atoms with Crippen LogP contribution in [0.3, 0.4) is 0 Å². The van der Waals surface area contributed by atoms with Gasteiger partial charge in [-0.15, -0.1) is 0 Å². The molecule has 92 heavy (non-hydrogen) atoms. The lowest BCUT2D eigenvalue weighted by Crippen LogP contribution is -2.26. The van der Waals surface area contributed by atoms with Gasteiger partial charge in [-0.2, -0.15) is 0 Å². The number of nitrogens with one attached hydrogen (secondary N) is 4. The summed E-state index contributed by atoms with van der Waals surface area (Å²) in [6, 6.07) is 54.9. The third kappa shape index (κ3) is 16.1. The molecule has 0 fully saturated rings. The van der Waals surface area contributed by atoms with Crippen molar-refractivity contribution in [3.05, 3.63) is 259 Å². The highest BCUT2D eigenvalue weighted by molar-refractivity contribution is 5.96. The van der Waals surface area contributed by atoms with Crippen LogP contribution in [-0.4, -0.2) is 52.1 Å². The van der Waals surface area contributed by atoms with Gasteiger partial charge in [0.05, 0.1) is 28.4 Å². The zero-order chi connectivity index (χ0) is 65.6. The lowest BCUT2D eigenvalue weighted by Gasteiger charge is -2.33. The maximum Gasteiger partial charge on any atom is 0.251 e. The van der Waals surface area contributed by atoms with Gasteiger partial charge in [-0.25, -0.2) is 0 Å². The number of hydrogen-bond donors (Lipinski definition) is 4. The van der Waals surface area contributed by atoms with Crippen molar-refractivity contribution in [1.29, 1.82) is 0 Å². The summed E-state index contributed by atoms with van der Waals surface area (Å²) >= 11 is 0. The van der Waals surface area contributed by atoms with Crippen LogP contribution in [0.5, 0.6) is 23.0 Å². The minimum Gasteiger partial charge on any atom is -0.496 e. The standard InChI is InChI=1S/C80H92N4O8/c1-49(2)33-65-61-41-70(74(90-10)37-57(61)45-81-77(85)53-25-17-13-18-26-53)67(35-51(5)6)63-43-72(76(92-12)39-59(63)47-83-79(87)55-29-21-15-22-30-55)68(36-52(7)8)64-44-71(75(91-11)40-60(64)48-84-80(88)56-31-23-16-24-32-56)66(34-50(3)4)62-42-69(65)73(89-9)38-58(62)46-82-78(86)54-27-19-14-20-28-54/h13-32,37-44,49-52,65-68H,33-36,45-48H2,1-12H3,(H,81,85)(H,82,86)(H,83,87)(H,84,88). The van der Waals surface area contributed by atoms with Crippen molar-refractivity contribution in [2.24, 2.45) is 23.7 Å². The van der Waals surface area contributed by atoms with Crippen LogP contribution in [0.2, 0.25) is 0 Å². The third-order valence-corrected chi connectivity index (χ3v) is 17.7. The lowest BCUT2D eigenvalue weighted by molar-refractivity contribution is 0.0942. The minimum atomic E-state index is -0.322. The number of benzene rings is 8. The molecule has 4 unspecified atom stereocenters. The van der Waals surface area contributed by atoms with Crippen LogP contribution in [0, 0.1) is 23.7 Å². The molecule has 4 amide bonds. The summed E-state index contributed by atoms with van der Waals surface area (Å²) in [6.45, 7) is 18.7. The Morgan fingerprint density at radius 1 is 0.293 bits per heavy atom. The van der Waals surface area contributed by atoms with Gasteiger partial charge in [0.25, 0.3) is 23.6 Å².